The summed E-state index contributed by atoms with van der Waals surface area (Å²) in [6.07, 6.45) is 1.64. The van der Waals surface area contributed by atoms with Gasteiger partial charge in [0, 0.05) is 17.2 Å². The van der Waals surface area contributed by atoms with Gasteiger partial charge in [0.1, 0.15) is 29.9 Å². The summed E-state index contributed by atoms with van der Waals surface area (Å²) in [6, 6.07) is 10.3. The first kappa shape index (κ1) is 17.8. The number of ether oxygens (including phenoxy) is 3. The molecule has 0 radical (unpaired) electrons. The molecule has 3 atom stereocenters. The van der Waals surface area contributed by atoms with Gasteiger partial charge in [-0.25, -0.2) is 9.38 Å². The smallest absolute Gasteiger partial charge is 0.283 e. The molecule has 7 heteroatoms. The lowest BCUT2D eigenvalue weighted by Gasteiger charge is -2.53. The van der Waals surface area contributed by atoms with Crippen LogP contribution in [-0.4, -0.2) is 30.9 Å². The van der Waals surface area contributed by atoms with E-state index in [-0.39, 0.29) is 24.5 Å². The van der Waals surface area contributed by atoms with Crippen molar-refractivity contribution < 1.29 is 18.6 Å². The van der Waals surface area contributed by atoms with Crippen LogP contribution in [0.25, 0.3) is 11.1 Å². The van der Waals surface area contributed by atoms with Crippen LogP contribution in [0.4, 0.5) is 4.39 Å². The monoisotopic (exact) mass is 402 g/mol. The quantitative estimate of drug-likeness (QED) is 0.782. The average Bonchev–Trinajstić information content (AvgIpc) is 3.05. The van der Waals surface area contributed by atoms with Crippen LogP contribution in [0.5, 0.6) is 5.75 Å². The molecule has 5 nitrogen and oxygen atoms in total. The molecular formula is C21H20ClFN2O3. The van der Waals surface area contributed by atoms with Crippen LogP contribution in [0.1, 0.15) is 25.3 Å². The van der Waals surface area contributed by atoms with E-state index in [2.05, 4.69) is 0 Å². The molecule has 1 saturated heterocycles. The molecule has 3 aliphatic rings. The minimum Gasteiger partial charge on any atom is -0.487 e. The third kappa shape index (κ3) is 2.44. The first-order valence-corrected chi connectivity index (χ1v) is 9.69. The van der Waals surface area contributed by atoms with Crippen LogP contribution in [-0.2, 0) is 15.0 Å². The van der Waals surface area contributed by atoms with Gasteiger partial charge in [-0.1, -0.05) is 17.7 Å². The Hall–Kier alpha value is -2.31. The maximum Gasteiger partial charge on any atom is 0.283 e. The van der Waals surface area contributed by atoms with Crippen molar-refractivity contribution in [2.75, 3.05) is 13.2 Å². The number of aliphatic imine (C=N–C) groups is 1. The maximum atomic E-state index is 13.9. The van der Waals surface area contributed by atoms with Gasteiger partial charge >= 0.3 is 0 Å². The number of hydrogen-bond acceptors (Lipinski definition) is 5. The highest BCUT2D eigenvalue weighted by Crippen LogP contribution is 2.54. The molecular weight excluding hydrogens is 383 g/mol. The van der Waals surface area contributed by atoms with Gasteiger partial charge in [0.15, 0.2) is 5.54 Å². The number of halogens is 2. The van der Waals surface area contributed by atoms with Gasteiger partial charge < -0.3 is 19.9 Å². The Bertz CT molecular complexity index is 977. The Morgan fingerprint density at radius 2 is 2.07 bits per heavy atom. The van der Waals surface area contributed by atoms with Gasteiger partial charge in [-0.2, -0.15) is 0 Å². The zero-order valence-corrected chi connectivity index (χ0v) is 16.1. The van der Waals surface area contributed by atoms with Crippen molar-refractivity contribution >= 4 is 17.6 Å². The summed E-state index contributed by atoms with van der Waals surface area (Å²) in [5.74, 6) is 0.335. The van der Waals surface area contributed by atoms with Crippen LogP contribution in [0.2, 0.25) is 5.02 Å². The van der Waals surface area contributed by atoms with Gasteiger partial charge in [-0.3, -0.25) is 0 Å². The summed E-state index contributed by atoms with van der Waals surface area (Å²) in [7, 11) is 0. The van der Waals surface area contributed by atoms with Gasteiger partial charge in [0.05, 0.1) is 0 Å². The van der Waals surface area contributed by atoms with Gasteiger partial charge in [-0.15, -0.1) is 0 Å². The van der Waals surface area contributed by atoms with Gasteiger partial charge in [0.2, 0.25) is 0 Å². The topological polar surface area (TPSA) is 66.1 Å². The molecule has 5 rings (SSSR count). The molecule has 2 aromatic carbocycles. The highest BCUT2D eigenvalue weighted by Gasteiger charge is 2.63. The predicted molar refractivity (Wildman–Crippen MR) is 104 cm³/mol. The normalized spacial score (nSPS) is 30.8. The fourth-order valence-corrected chi connectivity index (χ4v) is 4.80. The number of benzene rings is 2. The van der Waals surface area contributed by atoms with Crippen molar-refractivity contribution in [1.29, 1.82) is 0 Å². The Labute approximate surface area is 167 Å². The number of amidine groups is 1. The van der Waals surface area contributed by atoms with E-state index in [0.29, 0.717) is 17.2 Å². The van der Waals surface area contributed by atoms with Crippen molar-refractivity contribution in [3.05, 3.63) is 52.8 Å². The van der Waals surface area contributed by atoms with Crippen molar-refractivity contribution in [1.82, 2.24) is 0 Å². The van der Waals surface area contributed by atoms with Crippen molar-refractivity contribution in [3.63, 3.8) is 0 Å². The molecule has 0 saturated carbocycles. The maximum absolute atomic E-state index is 13.9. The number of hydrogen-bond donors (Lipinski definition) is 1. The highest BCUT2D eigenvalue weighted by atomic mass is 35.5. The van der Waals surface area contributed by atoms with Crippen molar-refractivity contribution in [2.24, 2.45) is 10.7 Å². The highest BCUT2D eigenvalue weighted by molar-refractivity contribution is 6.30. The van der Waals surface area contributed by atoms with Crippen LogP contribution in [0, 0.1) is 5.82 Å². The molecule has 0 amide bonds. The molecule has 0 bridgehead atoms. The summed E-state index contributed by atoms with van der Waals surface area (Å²) in [6.45, 7) is 2.91. The van der Waals surface area contributed by atoms with E-state index in [1.165, 1.54) is 12.1 Å². The fourth-order valence-electron chi connectivity index (χ4n) is 4.58. The molecule has 146 valence electrons. The number of nitrogens with two attached hydrogens (primary N) is 1. The zero-order chi connectivity index (χ0) is 19.5. The Balaban J connectivity index is 1.71. The van der Waals surface area contributed by atoms with E-state index in [4.69, 9.17) is 36.5 Å². The summed E-state index contributed by atoms with van der Waals surface area (Å²) < 4.78 is 32.1. The molecule has 1 fully saturated rings. The molecule has 2 aromatic rings. The second-order valence-corrected chi connectivity index (χ2v) is 8.11. The Kier molecular flexibility index (Phi) is 3.87. The van der Waals surface area contributed by atoms with E-state index < -0.39 is 11.1 Å². The van der Waals surface area contributed by atoms with E-state index in [1.807, 2.05) is 25.1 Å². The molecule has 3 aliphatic heterocycles. The SMILES string of the molecule is CC12OCCCC1Oc1ccc(-c3cc(F)cc(Cl)c3)cc1C21COC(N)=N1. The lowest BCUT2D eigenvalue weighted by Crippen LogP contribution is -2.64. The number of nitrogens with zero attached hydrogens (tertiary/aromatic N) is 1. The Morgan fingerprint density at radius 3 is 2.82 bits per heavy atom. The second-order valence-electron chi connectivity index (χ2n) is 7.67. The zero-order valence-electron chi connectivity index (χ0n) is 15.4. The van der Waals surface area contributed by atoms with Crippen molar-refractivity contribution in [2.45, 2.75) is 37.0 Å². The van der Waals surface area contributed by atoms with E-state index in [1.54, 1.807) is 6.07 Å². The molecule has 0 aliphatic carbocycles. The van der Waals surface area contributed by atoms with Gasteiger partial charge in [-0.05, 0) is 61.2 Å². The fraction of sp³-hybridized carbons (Fsp3) is 0.381. The molecule has 28 heavy (non-hydrogen) atoms. The summed E-state index contributed by atoms with van der Waals surface area (Å²) in [5, 5.41) is 0.341. The first-order valence-electron chi connectivity index (χ1n) is 9.31. The molecule has 3 heterocycles. The number of rotatable bonds is 1. The van der Waals surface area contributed by atoms with E-state index >= 15 is 0 Å². The standard InChI is InChI=1S/C21H20ClFN2O3/c1-20-18(3-2-6-27-20)28-17-5-4-12(13-7-14(22)10-15(23)8-13)9-16(17)21(20)11-26-19(24)25-21/h4-5,7-10,18H,2-3,6,11H2,1H3,(H2,24,25). The van der Waals surface area contributed by atoms with Crippen LogP contribution >= 0.6 is 11.6 Å². The summed E-state index contributed by atoms with van der Waals surface area (Å²) in [4.78, 5) is 4.71. The average molecular weight is 403 g/mol. The predicted octanol–water partition coefficient (Wildman–Crippen LogP) is 4.02. The molecule has 1 spiro atoms. The molecule has 0 aromatic heterocycles. The third-order valence-corrected chi connectivity index (χ3v) is 6.29. The Morgan fingerprint density at radius 1 is 1.21 bits per heavy atom. The summed E-state index contributed by atoms with van der Waals surface area (Å²) in [5.41, 5.74) is 6.71. The molecule has 2 N–H and O–H groups in total. The lowest BCUT2D eigenvalue weighted by molar-refractivity contribution is -0.188. The van der Waals surface area contributed by atoms with Crippen molar-refractivity contribution in [3.8, 4) is 16.9 Å². The minimum atomic E-state index is -0.817. The lowest BCUT2D eigenvalue weighted by atomic mass is 9.69. The third-order valence-electron chi connectivity index (χ3n) is 6.07. The summed E-state index contributed by atoms with van der Waals surface area (Å²) >= 11 is 6.05. The van der Waals surface area contributed by atoms with Crippen LogP contribution in [0.15, 0.2) is 41.4 Å². The van der Waals surface area contributed by atoms with E-state index in [0.717, 1.165) is 29.7 Å². The van der Waals surface area contributed by atoms with E-state index in [9.17, 15) is 4.39 Å². The minimum absolute atomic E-state index is 0.140. The first-order chi connectivity index (χ1) is 13.4. The number of fused-ring (bicyclic) bond motifs is 4. The second kappa shape index (κ2) is 6.09. The largest absolute Gasteiger partial charge is 0.487 e. The van der Waals surface area contributed by atoms with Crippen LogP contribution in [0.3, 0.4) is 0 Å². The molecule has 3 unspecified atom stereocenters. The van der Waals surface area contributed by atoms with Crippen LogP contribution < -0.4 is 10.5 Å². The van der Waals surface area contributed by atoms with Gasteiger partial charge in [0.25, 0.3) is 6.02 Å².